The summed E-state index contributed by atoms with van der Waals surface area (Å²) in [5.74, 6) is 0.177. The van der Waals surface area contributed by atoms with E-state index < -0.39 is 0 Å². The van der Waals surface area contributed by atoms with E-state index in [1.165, 1.54) is 21.8 Å². The molecular weight excluding hydrogens is 334 g/mol. The fourth-order valence-corrected chi connectivity index (χ4v) is 3.73. The first-order chi connectivity index (χ1) is 13.3. The summed E-state index contributed by atoms with van der Waals surface area (Å²) in [6.07, 6.45) is 4.99. The zero-order chi connectivity index (χ0) is 18.9. The lowest BCUT2D eigenvalue weighted by Gasteiger charge is -2.09. The number of aryl methyl sites for hydroxylation is 1. The molecule has 0 radical (unpaired) electrons. The van der Waals surface area contributed by atoms with E-state index >= 15 is 0 Å². The Morgan fingerprint density at radius 3 is 2.15 bits per heavy atom. The van der Waals surface area contributed by atoms with Gasteiger partial charge in [0.15, 0.2) is 0 Å². The quantitative estimate of drug-likeness (QED) is 0.493. The minimum absolute atomic E-state index is 0.177. The Morgan fingerprint density at radius 1 is 0.852 bits per heavy atom. The van der Waals surface area contributed by atoms with Gasteiger partial charge in [-0.3, -0.25) is 4.79 Å². The van der Waals surface area contributed by atoms with Crippen LogP contribution in [-0.4, -0.2) is 30.1 Å². The van der Waals surface area contributed by atoms with Crippen molar-refractivity contribution in [1.29, 1.82) is 0 Å². The normalized spacial score (nSPS) is 11.3. The number of carbonyl (C=O) groups is 1. The Hall–Kier alpha value is -2.33. The van der Waals surface area contributed by atoms with Crippen LogP contribution < -0.4 is 10.6 Å². The summed E-state index contributed by atoms with van der Waals surface area (Å²) in [6, 6.07) is 17.3. The molecule has 0 saturated heterocycles. The lowest BCUT2D eigenvalue weighted by molar-refractivity contribution is -0.121. The molecular formula is C23H31N3O. The Morgan fingerprint density at radius 2 is 1.48 bits per heavy atom. The first-order valence-corrected chi connectivity index (χ1v) is 10.2. The van der Waals surface area contributed by atoms with Crippen molar-refractivity contribution in [3.63, 3.8) is 0 Å². The molecule has 4 heteroatoms. The minimum atomic E-state index is 0.177. The zero-order valence-corrected chi connectivity index (χ0v) is 16.3. The summed E-state index contributed by atoms with van der Waals surface area (Å²) in [6.45, 7) is 5.77. The van der Waals surface area contributed by atoms with Crippen LogP contribution in [0.3, 0.4) is 0 Å². The summed E-state index contributed by atoms with van der Waals surface area (Å²) < 4.78 is 2.44. The summed E-state index contributed by atoms with van der Waals surface area (Å²) >= 11 is 0. The van der Waals surface area contributed by atoms with Gasteiger partial charge < -0.3 is 15.2 Å². The van der Waals surface area contributed by atoms with Crippen LogP contribution in [0.1, 0.15) is 39.0 Å². The highest BCUT2D eigenvalue weighted by atomic mass is 16.1. The number of nitrogens with one attached hydrogen (secondary N) is 2. The predicted molar refractivity (Wildman–Crippen MR) is 114 cm³/mol. The SMILES string of the molecule is CCNC(=O)CCCCCNCCCn1c2ccccc2c2ccccc21. The number of carbonyl (C=O) groups excluding carboxylic acids is 1. The molecule has 2 aromatic carbocycles. The van der Waals surface area contributed by atoms with Crippen LogP contribution in [0.25, 0.3) is 21.8 Å². The van der Waals surface area contributed by atoms with Gasteiger partial charge in [0.1, 0.15) is 0 Å². The molecule has 0 aliphatic carbocycles. The van der Waals surface area contributed by atoms with Gasteiger partial charge in [-0.25, -0.2) is 0 Å². The van der Waals surface area contributed by atoms with Gasteiger partial charge in [0, 0.05) is 41.3 Å². The molecule has 0 fully saturated rings. The molecule has 4 nitrogen and oxygen atoms in total. The number of fused-ring (bicyclic) bond motifs is 3. The largest absolute Gasteiger partial charge is 0.356 e. The number of amides is 1. The van der Waals surface area contributed by atoms with Crippen LogP contribution >= 0.6 is 0 Å². The smallest absolute Gasteiger partial charge is 0.219 e. The summed E-state index contributed by atoms with van der Waals surface area (Å²) in [7, 11) is 0. The highest BCUT2D eigenvalue weighted by Crippen LogP contribution is 2.28. The molecule has 144 valence electrons. The van der Waals surface area contributed by atoms with E-state index in [1.54, 1.807) is 0 Å². The van der Waals surface area contributed by atoms with Crippen LogP contribution in [-0.2, 0) is 11.3 Å². The molecule has 0 atom stereocenters. The van der Waals surface area contributed by atoms with Gasteiger partial charge in [-0.15, -0.1) is 0 Å². The number of rotatable bonds is 11. The van der Waals surface area contributed by atoms with E-state index in [-0.39, 0.29) is 5.91 Å². The zero-order valence-electron chi connectivity index (χ0n) is 16.3. The number of aromatic nitrogens is 1. The third-order valence-corrected chi connectivity index (χ3v) is 5.05. The predicted octanol–water partition coefficient (Wildman–Crippen LogP) is 4.47. The monoisotopic (exact) mass is 365 g/mol. The molecule has 0 spiro atoms. The summed E-state index contributed by atoms with van der Waals surface area (Å²) in [5, 5.41) is 9.07. The number of hydrogen-bond donors (Lipinski definition) is 2. The number of unbranched alkanes of at least 4 members (excludes halogenated alkanes) is 2. The Balaban J connectivity index is 1.40. The topological polar surface area (TPSA) is 46.1 Å². The first kappa shape index (κ1) is 19.4. The number of nitrogens with zero attached hydrogens (tertiary/aromatic N) is 1. The number of hydrogen-bond acceptors (Lipinski definition) is 2. The average Bonchev–Trinajstić information content (AvgIpc) is 3.01. The van der Waals surface area contributed by atoms with Crippen LogP contribution in [0.15, 0.2) is 48.5 Å². The Labute approximate surface area is 161 Å². The van der Waals surface area contributed by atoms with Gasteiger partial charge in [0.05, 0.1) is 0 Å². The van der Waals surface area contributed by atoms with E-state index in [9.17, 15) is 4.79 Å². The second-order valence-corrected chi connectivity index (χ2v) is 7.05. The van der Waals surface area contributed by atoms with Crippen LogP contribution in [0.2, 0.25) is 0 Å². The molecule has 27 heavy (non-hydrogen) atoms. The third kappa shape index (κ3) is 5.10. The van der Waals surface area contributed by atoms with Gasteiger partial charge in [0.25, 0.3) is 0 Å². The molecule has 3 rings (SSSR count). The fourth-order valence-electron chi connectivity index (χ4n) is 3.73. The molecule has 0 bridgehead atoms. The molecule has 0 saturated carbocycles. The van der Waals surface area contributed by atoms with Gasteiger partial charge in [0.2, 0.25) is 5.91 Å². The second-order valence-electron chi connectivity index (χ2n) is 7.05. The highest BCUT2D eigenvalue weighted by Gasteiger charge is 2.08. The maximum Gasteiger partial charge on any atom is 0.219 e. The lowest BCUT2D eigenvalue weighted by atomic mass is 10.2. The molecule has 0 aliphatic heterocycles. The lowest BCUT2D eigenvalue weighted by Crippen LogP contribution is -2.22. The summed E-state index contributed by atoms with van der Waals surface area (Å²) in [5.41, 5.74) is 2.65. The van der Waals surface area contributed by atoms with Gasteiger partial charge in [-0.05, 0) is 51.4 Å². The maximum atomic E-state index is 11.4. The molecule has 1 amide bonds. The van der Waals surface area contributed by atoms with E-state index in [1.807, 2.05) is 6.92 Å². The molecule has 1 aromatic heterocycles. The van der Waals surface area contributed by atoms with Crippen LogP contribution in [0.4, 0.5) is 0 Å². The fraction of sp³-hybridized carbons (Fsp3) is 0.435. The minimum Gasteiger partial charge on any atom is -0.356 e. The number of benzene rings is 2. The Kier molecular flexibility index (Phi) is 7.28. The summed E-state index contributed by atoms with van der Waals surface area (Å²) in [4.78, 5) is 11.4. The van der Waals surface area contributed by atoms with Crippen molar-refractivity contribution in [1.82, 2.24) is 15.2 Å². The third-order valence-electron chi connectivity index (χ3n) is 5.05. The van der Waals surface area contributed by atoms with Gasteiger partial charge >= 0.3 is 0 Å². The van der Waals surface area contributed by atoms with Crippen LogP contribution in [0, 0.1) is 0 Å². The van der Waals surface area contributed by atoms with Crippen molar-refractivity contribution < 1.29 is 4.79 Å². The van der Waals surface area contributed by atoms with Crippen molar-refractivity contribution in [2.45, 2.75) is 45.6 Å². The van der Waals surface area contributed by atoms with Crippen molar-refractivity contribution in [2.24, 2.45) is 0 Å². The van der Waals surface area contributed by atoms with E-state index in [2.05, 4.69) is 63.7 Å². The van der Waals surface area contributed by atoms with Crippen LogP contribution in [0.5, 0.6) is 0 Å². The maximum absolute atomic E-state index is 11.4. The average molecular weight is 366 g/mol. The Bertz CT molecular complexity index is 815. The molecule has 0 unspecified atom stereocenters. The molecule has 2 N–H and O–H groups in total. The van der Waals surface area contributed by atoms with Crippen molar-refractivity contribution in [2.75, 3.05) is 19.6 Å². The van der Waals surface area contributed by atoms with E-state index in [0.29, 0.717) is 6.42 Å². The highest BCUT2D eigenvalue weighted by molar-refractivity contribution is 6.07. The van der Waals surface area contributed by atoms with E-state index in [4.69, 9.17) is 0 Å². The van der Waals surface area contributed by atoms with Gasteiger partial charge in [-0.2, -0.15) is 0 Å². The first-order valence-electron chi connectivity index (χ1n) is 10.2. The van der Waals surface area contributed by atoms with Crippen molar-refractivity contribution in [3.05, 3.63) is 48.5 Å². The van der Waals surface area contributed by atoms with E-state index in [0.717, 1.165) is 51.9 Å². The van der Waals surface area contributed by atoms with Crippen molar-refractivity contribution >= 4 is 27.7 Å². The standard InChI is InChI=1S/C23H31N3O/c1-2-25-23(27)15-4-3-9-16-24-17-10-18-26-21-13-7-5-11-19(21)20-12-6-8-14-22(20)26/h5-8,11-14,24H,2-4,9-10,15-18H2,1H3,(H,25,27). The van der Waals surface area contributed by atoms with Crippen molar-refractivity contribution in [3.8, 4) is 0 Å². The number of para-hydroxylation sites is 2. The molecule has 1 heterocycles. The van der Waals surface area contributed by atoms with Gasteiger partial charge in [-0.1, -0.05) is 42.8 Å². The second kappa shape index (κ2) is 10.1. The molecule has 3 aromatic rings. The molecule has 0 aliphatic rings.